The summed E-state index contributed by atoms with van der Waals surface area (Å²) in [6, 6.07) is 7.59. The summed E-state index contributed by atoms with van der Waals surface area (Å²) in [6.45, 7) is 0.414. The predicted molar refractivity (Wildman–Crippen MR) is 71.3 cm³/mol. The number of halogens is 1. The molecule has 102 valence electrons. The van der Waals surface area contributed by atoms with Gasteiger partial charge in [0, 0.05) is 12.1 Å². The molecule has 0 spiro atoms. The molecule has 1 amide bonds. The summed E-state index contributed by atoms with van der Waals surface area (Å²) in [6.07, 6.45) is 4.31. The molecule has 2 aliphatic carbocycles. The summed E-state index contributed by atoms with van der Waals surface area (Å²) in [7, 11) is 0. The number of carbonyl (C=O) groups excluding carboxylic acids is 1. The highest BCUT2D eigenvalue weighted by Crippen LogP contribution is 2.36. The van der Waals surface area contributed by atoms with Crippen LogP contribution in [0.1, 0.15) is 37.2 Å². The van der Waals surface area contributed by atoms with E-state index in [-0.39, 0.29) is 11.7 Å². The van der Waals surface area contributed by atoms with Crippen molar-refractivity contribution in [2.24, 2.45) is 0 Å². The minimum Gasteiger partial charge on any atom is -0.352 e. The molecule has 4 heteroatoms. The normalized spacial score (nSPS) is 25.7. The summed E-state index contributed by atoms with van der Waals surface area (Å²) in [4.78, 5) is 11.5. The molecule has 0 bridgehead atoms. The third-order valence-electron chi connectivity index (χ3n) is 3.97. The van der Waals surface area contributed by atoms with Gasteiger partial charge in [-0.3, -0.25) is 4.79 Å². The monoisotopic (exact) mass is 262 g/mol. The van der Waals surface area contributed by atoms with Crippen molar-refractivity contribution in [3.63, 3.8) is 0 Å². The van der Waals surface area contributed by atoms with Crippen LogP contribution in [0.25, 0.3) is 0 Å². The lowest BCUT2D eigenvalue weighted by molar-refractivity contribution is -0.120. The number of amides is 1. The van der Waals surface area contributed by atoms with Crippen molar-refractivity contribution in [1.29, 1.82) is 0 Å². The number of carbonyl (C=O) groups is 1. The van der Waals surface area contributed by atoms with Gasteiger partial charge in [-0.15, -0.1) is 0 Å². The first-order valence-corrected chi connectivity index (χ1v) is 6.99. The van der Waals surface area contributed by atoms with Gasteiger partial charge in [0.2, 0.25) is 5.91 Å². The van der Waals surface area contributed by atoms with Gasteiger partial charge in [-0.2, -0.15) is 0 Å². The fourth-order valence-electron chi connectivity index (χ4n) is 2.54. The standard InChI is InChI=1S/C15H19FN2O/c16-12-3-1-10(2-4-12)11-7-14(8-11)17-9-15(19)18-13-5-6-13/h1-4,11,13-14,17H,5-9H2,(H,18,19). The third-order valence-corrected chi connectivity index (χ3v) is 3.97. The van der Waals surface area contributed by atoms with Crippen molar-refractivity contribution in [1.82, 2.24) is 10.6 Å². The summed E-state index contributed by atoms with van der Waals surface area (Å²) in [5.41, 5.74) is 1.20. The van der Waals surface area contributed by atoms with Gasteiger partial charge in [-0.25, -0.2) is 4.39 Å². The molecule has 2 fully saturated rings. The SMILES string of the molecule is O=C(CNC1CC(c2ccc(F)cc2)C1)NC1CC1. The van der Waals surface area contributed by atoms with E-state index >= 15 is 0 Å². The molecule has 2 N–H and O–H groups in total. The topological polar surface area (TPSA) is 41.1 Å². The predicted octanol–water partition coefficient (Wildman–Crippen LogP) is 1.94. The first kappa shape index (κ1) is 12.6. The molecule has 2 aliphatic rings. The Kier molecular flexibility index (Phi) is 3.51. The maximum Gasteiger partial charge on any atom is 0.234 e. The highest BCUT2D eigenvalue weighted by molar-refractivity contribution is 5.78. The number of hydrogen-bond acceptors (Lipinski definition) is 2. The highest BCUT2D eigenvalue weighted by atomic mass is 19.1. The third kappa shape index (κ3) is 3.32. The van der Waals surface area contributed by atoms with E-state index in [1.807, 2.05) is 12.1 Å². The molecule has 2 saturated carbocycles. The molecule has 19 heavy (non-hydrogen) atoms. The zero-order valence-electron chi connectivity index (χ0n) is 10.9. The van der Waals surface area contributed by atoms with Gasteiger partial charge >= 0.3 is 0 Å². The molecule has 0 atom stereocenters. The lowest BCUT2D eigenvalue weighted by Gasteiger charge is -2.36. The molecule has 3 nitrogen and oxygen atoms in total. The lowest BCUT2D eigenvalue weighted by atomic mass is 9.76. The number of benzene rings is 1. The van der Waals surface area contributed by atoms with Crippen LogP contribution in [0.3, 0.4) is 0 Å². The van der Waals surface area contributed by atoms with Gasteiger partial charge in [0.15, 0.2) is 0 Å². The Morgan fingerprint density at radius 3 is 2.47 bits per heavy atom. The number of rotatable bonds is 5. The summed E-state index contributed by atoms with van der Waals surface area (Å²) >= 11 is 0. The molecule has 0 aliphatic heterocycles. The van der Waals surface area contributed by atoms with Gasteiger partial charge in [-0.05, 0) is 49.3 Å². The van der Waals surface area contributed by atoms with E-state index in [9.17, 15) is 9.18 Å². The molecule has 0 unspecified atom stereocenters. The Hall–Kier alpha value is -1.42. The first-order valence-electron chi connectivity index (χ1n) is 6.99. The van der Waals surface area contributed by atoms with Crippen LogP contribution < -0.4 is 10.6 Å². The molecule has 0 saturated heterocycles. The fraction of sp³-hybridized carbons (Fsp3) is 0.533. The lowest BCUT2D eigenvalue weighted by Crippen LogP contribution is -2.45. The first-order chi connectivity index (χ1) is 9.20. The summed E-state index contributed by atoms with van der Waals surface area (Å²) in [5.74, 6) is 0.423. The van der Waals surface area contributed by atoms with Crippen molar-refractivity contribution in [2.75, 3.05) is 6.54 Å². The van der Waals surface area contributed by atoms with E-state index in [4.69, 9.17) is 0 Å². The Bertz CT molecular complexity index is 450. The molecule has 3 rings (SSSR count). The van der Waals surface area contributed by atoms with E-state index < -0.39 is 0 Å². The summed E-state index contributed by atoms with van der Waals surface area (Å²) < 4.78 is 12.8. The van der Waals surface area contributed by atoms with E-state index in [1.165, 1.54) is 17.7 Å². The maximum atomic E-state index is 12.8. The van der Waals surface area contributed by atoms with Crippen molar-refractivity contribution >= 4 is 5.91 Å². The second-order valence-electron chi connectivity index (χ2n) is 5.64. The van der Waals surface area contributed by atoms with Crippen LogP contribution in [0.15, 0.2) is 24.3 Å². The van der Waals surface area contributed by atoms with Crippen molar-refractivity contribution < 1.29 is 9.18 Å². The Morgan fingerprint density at radius 1 is 1.16 bits per heavy atom. The second-order valence-corrected chi connectivity index (χ2v) is 5.64. The largest absolute Gasteiger partial charge is 0.352 e. The maximum absolute atomic E-state index is 12.8. The Balaban J connectivity index is 1.37. The highest BCUT2D eigenvalue weighted by Gasteiger charge is 2.30. The van der Waals surface area contributed by atoms with Gasteiger partial charge < -0.3 is 10.6 Å². The van der Waals surface area contributed by atoms with E-state index in [0.717, 1.165) is 25.7 Å². The zero-order valence-corrected chi connectivity index (χ0v) is 10.9. The van der Waals surface area contributed by atoms with Crippen LogP contribution >= 0.6 is 0 Å². The van der Waals surface area contributed by atoms with Crippen LogP contribution in [-0.4, -0.2) is 24.5 Å². The van der Waals surface area contributed by atoms with Gasteiger partial charge in [0.25, 0.3) is 0 Å². The van der Waals surface area contributed by atoms with Gasteiger partial charge in [-0.1, -0.05) is 12.1 Å². The zero-order chi connectivity index (χ0) is 13.2. The van der Waals surface area contributed by atoms with E-state index in [0.29, 0.717) is 24.5 Å². The van der Waals surface area contributed by atoms with Crippen LogP contribution in [0, 0.1) is 5.82 Å². The van der Waals surface area contributed by atoms with Crippen molar-refractivity contribution in [3.8, 4) is 0 Å². The molecule has 1 aromatic rings. The molecule has 1 aromatic carbocycles. The fourth-order valence-corrected chi connectivity index (χ4v) is 2.54. The van der Waals surface area contributed by atoms with E-state index in [1.54, 1.807) is 0 Å². The second kappa shape index (κ2) is 5.29. The van der Waals surface area contributed by atoms with Crippen LogP contribution in [-0.2, 0) is 4.79 Å². The Morgan fingerprint density at radius 2 is 1.84 bits per heavy atom. The molecular formula is C15H19FN2O. The van der Waals surface area contributed by atoms with Crippen LogP contribution in [0.5, 0.6) is 0 Å². The van der Waals surface area contributed by atoms with Crippen LogP contribution in [0.4, 0.5) is 4.39 Å². The quantitative estimate of drug-likeness (QED) is 0.851. The molecular weight excluding hydrogens is 243 g/mol. The molecule has 0 aromatic heterocycles. The summed E-state index contributed by atoms with van der Waals surface area (Å²) in [5, 5.41) is 6.24. The number of nitrogens with one attached hydrogen (secondary N) is 2. The van der Waals surface area contributed by atoms with Crippen LogP contribution in [0.2, 0.25) is 0 Å². The number of hydrogen-bond donors (Lipinski definition) is 2. The minimum atomic E-state index is -0.186. The van der Waals surface area contributed by atoms with Gasteiger partial charge in [0.1, 0.15) is 5.82 Å². The Labute approximate surface area is 112 Å². The van der Waals surface area contributed by atoms with Gasteiger partial charge in [0.05, 0.1) is 6.54 Å². The minimum absolute atomic E-state index is 0.104. The average Bonchev–Trinajstić information content (AvgIpc) is 3.13. The average molecular weight is 262 g/mol. The van der Waals surface area contributed by atoms with Crippen molar-refractivity contribution in [3.05, 3.63) is 35.6 Å². The molecule has 0 heterocycles. The van der Waals surface area contributed by atoms with E-state index in [2.05, 4.69) is 10.6 Å². The smallest absolute Gasteiger partial charge is 0.234 e. The van der Waals surface area contributed by atoms with Crippen molar-refractivity contribution in [2.45, 2.75) is 43.7 Å². The molecule has 0 radical (unpaired) electrons.